The SMILES string of the molecule is CCOc1c(Br)cc(C=C2SC(=S)N(CCN3CCOCC3)C2=O)cc1OC. The van der Waals surface area contributed by atoms with Crippen molar-refractivity contribution in [3.8, 4) is 11.5 Å². The van der Waals surface area contributed by atoms with Crippen LogP contribution in [0.5, 0.6) is 11.5 Å². The third-order valence-electron chi connectivity index (χ3n) is 4.46. The standard InChI is InChI=1S/C19H23BrN2O4S2/c1-3-26-17-14(20)10-13(11-15(17)24-2)12-16-18(23)22(19(27)28-16)5-4-21-6-8-25-9-7-21/h10-12H,3-9H2,1-2H3. The van der Waals surface area contributed by atoms with Crippen molar-refractivity contribution in [2.45, 2.75) is 6.92 Å². The van der Waals surface area contributed by atoms with Crippen LogP contribution in [0.15, 0.2) is 21.5 Å². The van der Waals surface area contributed by atoms with Gasteiger partial charge in [-0.2, -0.15) is 0 Å². The fourth-order valence-corrected chi connectivity index (χ4v) is 4.90. The van der Waals surface area contributed by atoms with Crippen molar-refractivity contribution in [2.24, 2.45) is 0 Å². The Hall–Kier alpha value is -1.13. The molecule has 0 N–H and O–H groups in total. The number of hydrogen-bond donors (Lipinski definition) is 0. The minimum Gasteiger partial charge on any atom is -0.493 e. The molecular weight excluding hydrogens is 464 g/mol. The quantitative estimate of drug-likeness (QED) is 0.432. The molecule has 0 bridgehead atoms. The van der Waals surface area contributed by atoms with Crippen LogP contribution in [0.4, 0.5) is 0 Å². The van der Waals surface area contributed by atoms with E-state index in [1.54, 1.807) is 12.0 Å². The molecule has 28 heavy (non-hydrogen) atoms. The molecule has 6 nitrogen and oxygen atoms in total. The predicted octanol–water partition coefficient (Wildman–Crippen LogP) is 3.39. The Labute approximate surface area is 183 Å². The third-order valence-corrected chi connectivity index (χ3v) is 6.42. The largest absolute Gasteiger partial charge is 0.493 e. The second-order valence-electron chi connectivity index (χ2n) is 6.25. The number of amides is 1. The molecule has 2 fully saturated rings. The van der Waals surface area contributed by atoms with E-state index in [-0.39, 0.29) is 5.91 Å². The predicted molar refractivity (Wildman–Crippen MR) is 119 cm³/mol. The van der Waals surface area contributed by atoms with Crippen LogP contribution in [0.25, 0.3) is 6.08 Å². The van der Waals surface area contributed by atoms with Crippen molar-refractivity contribution in [3.63, 3.8) is 0 Å². The van der Waals surface area contributed by atoms with E-state index in [9.17, 15) is 4.79 Å². The normalized spacial score (nSPS) is 19.5. The summed E-state index contributed by atoms with van der Waals surface area (Å²) in [4.78, 5) is 17.4. The van der Waals surface area contributed by atoms with Crippen molar-refractivity contribution in [2.75, 3.05) is 53.1 Å². The minimum atomic E-state index is -0.0489. The summed E-state index contributed by atoms with van der Waals surface area (Å²) in [6.45, 7) is 7.12. The zero-order valence-electron chi connectivity index (χ0n) is 15.9. The maximum atomic E-state index is 12.8. The Morgan fingerprint density at radius 3 is 2.75 bits per heavy atom. The van der Waals surface area contributed by atoms with Crippen LogP contribution < -0.4 is 9.47 Å². The first-order valence-corrected chi connectivity index (χ1v) is 11.1. The van der Waals surface area contributed by atoms with Crippen LogP contribution >= 0.6 is 39.9 Å². The Balaban J connectivity index is 1.73. The number of carbonyl (C=O) groups excluding carboxylic acids is 1. The smallest absolute Gasteiger partial charge is 0.266 e. The molecule has 0 radical (unpaired) electrons. The molecule has 2 aliphatic heterocycles. The second kappa shape index (κ2) is 10.1. The molecule has 0 spiro atoms. The Bertz CT molecular complexity index is 781. The number of thiocarbonyl (C=S) groups is 1. The number of thioether (sulfide) groups is 1. The summed E-state index contributed by atoms with van der Waals surface area (Å²) in [5.74, 6) is 1.22. The molecular formula is C19H23BrN2O4S2. The van der Waals surface area contributed by atoms with Crippen molar-refractivity contribution in [3.05, 3.63) is 27.1 Å². The fourth-order valence-electron chi connectivity index (χ4n) is 3.02. The lowest BCUT2D eigenvalue weighted by atomic mass is 10.2. The van der Waals surface area contributed by atoms with Gasteiger partial charge in [0.15, 0.2) is 11.5 Å². The molecule has 0 unspecified atom stereocenters. The van der Waals surface area contributed by atoms with Crippen LogP contribution in [0.1, 0.15) is 12.5 Å². The maximum Gasteiger partial charge on any atom is 0.266 e. The van der Waals surface area contributed by atoms with Crippen molar-refractivity contribution < 1.29 is 19.0 Å². The fraction of sp³-hybridized carbons (Fsp3) is 0.474. The number of methoxy groups -OCH3 is 1. The lowest BCUT2D eigenvalue weighted by Crippen LogP contribution is -2.42. The van der Waals surface area contributed by atoms with Crippen molar-refractivity contribution in [1.29, 1.82) is 0 Å². The number of benzene rings is 1. The molecule has 2 saturated heterocycles. The molecule has 0 atom stereocenters. The summed E-state index contributed by atoms with van der Waals surface area (Å²) < 4.78 is 17.8. The minimum absolute atomic E-state index is 0.0489. The van der Waals surface area contributed by atoms with Gasteiger partial charge in [-0.1, -0.05) is 24.0 Å². The van der Waals surface area contributed by atoms with E-state index in [0.717, 1.165) is 42.9 Å². The van der Waals surface area contributed by atoms with E-state index in [1.165, 1.54) is 11.8 Å². The summed E-state index contributed by atoms with van der Waals surface area (Å²) in [7, 11) is 1.60. The Kier molecular flexibility index (Phi) is 7.76. The topological polar surface area (TPSA) is 51.2 Å². The van der Waals surface area contributed by atoms with Gasteiger partial charge in [-0.05, 0) is 46.6 Å². The third kappa shape index (κ3) is 5.07. The molecule has 0 saturated carbocycles. The molecule has 2 heterocycles. The first-order valence-electron chi connectivity index (χ1n) is 9.09. The highest BCUT2D eigenvalue weighted by Crippen LogP contribution is 2.39. The number of halogens is 1. The zero-order valence-corrected chi connectivity index (χ0v) is 19.1. The van der Waals surface area contributed by atoms with E-state index >= 15 is 0 Å². The van der Waals surface area contributed by atoms with E-state index in [2.05, 4.69) is 20.8 Å². The van der Waals surface area contributed by atoms with Gasteiger partial charge in [-0.3, -0.25) is 14.6 Å². The first-order chi connectivity index (χ1) is 13.5. The van der Waals surface area contributed by atoms with Gasteiger partial charge in [0, 0.05) is 26.2 Å². The summed E-state index contributed by atoms with van der Waals surface area (Å²) >= 11 is 10.3. The highest BCUT2D eigenvalue weighted by molar-refractivity contribution is 9.10. The van der Waals surface area contributed by atoms with Crippen LogP contribution in [-0.4, -0.2) is 73.1 Å². The van der Waals surface area contributed by atoms with E-state index in [1.807, 2.05) is 25.1 Å². The van der Waals surface area contributed by atoms with Gasteiger partial charge in [-0.15, -0.1) is 0 Å². The molecule has 3 rings (SSSR count). The van der Waals surface area contributed by atoms with Gasteiger partial charge in [0.05, 0.1) is 36.3 Å². The molecule has 9 heteroatoms. The highest BCUT2D eigenvalue weighted by atomic mass is 79.9. The van der Waals surface area contributed by atoms with Crippen LogP contribution in [0, 0.1) is 0 Å². The Morgan fingerprint density at radius 2 is 2.07 bits per heavy atom. The van der Waals surface area contributed by atoms with Crippen LogP contribution in [0.3, 0.4) is 0 Å². The number of ether oxygens (including phenoxy) is 3. The first kappa shape index (κ1) is 21.6. The number of hydrogen-bond acceptors (Lipinski definition) is 7. The van der Waals surface area contributed by atoms with Crippen LogP contribution in [-0.2, 0) is 9.53 Å². The highest BCUT2D eigenvalue weighted by Gasteiger charge is 2.32. The van der Waals surface area contributed by atoms with Gasteiger partial charge in [0.25, 0.3) is 5.91 Å². The molecule has 1 aromatic rings. The monoisotopic (exact) mass is 486 g/mol. The molecule has 1 amide bonds. The number of nitrogens with zero attached hydrogens (tertiary/aromatic N) is 2. The molecule has 0 aromatic heterocycles. The lowest BCUT2D eigenvalue weighted by Gasteiger charge is -2.28. The van der Waals surface area contributed by atoms with E-state index in [4.69, 9.17) is 26.4 Å². The van der Waals surface area contributed by atoms with Gasteiger partial charge < -0.3 is 14.2 Å². The lowest BCUT2D eigenvalue weighted by molar-refractivity contribution is -0.122. The van der Waals surface area contributed by atoms with E-state index in [0.29, 0.717) is 33.9 Å². The number of carbonyl (C=O) groups is 1. The zero-order chi connectivity index (χ0) is 20.1. The van der Waals surface area contributed by atoms with Crippen molar-refractivity contribution >= 4 is 56.2 Å². The molecule has 1 aromatic carbocycles. The number of morpholine rings is 1. The second-order valence-corrected chi connectivity index (χ2v) is 8.78. The molecule has 2 aliphatic rings. The average molecular weight is 487 g/mol. The summed E-state index contributed by atoms with van der Waals surface area (Å²) in [6, 6.07) is 3.77. The summed E-state index contributed by atoms with van der Waals surface area (Å²) in [6.07, 6.45) is 1.84. The molecule has 0 aliphatic carbocycles. The van der Waals surface area contributed by atoms with Crippen LogP contribution in [0.2, 0.25) is 0 Å². The van der Waals surface area contributed by atoms with E-state index < -0.39 is 0 Å². The number of rotatable bonds is 7. The summed E-state index contributed by atoms with van der Waals surface area (Å²) in [5.41, 5.74) is 0.848. The molecule has 152 valence electrons. The van der Waals surface area contributed by atoms with Gasteiger partial charge >= 0.3 is 0 Å². The maximum absolute atomic E-state index is 12.8. The van der Waals surface area contributed by atoms with Gasteiger partial charge in [0.1, 0.15) is 4.32 Å². The van der Waals surface area contributed by atoms with Gasteiger partial charge in [0.2, 0.25) is 0 Å². The van der Waals surface area contributed by atoms with Gasteiger partial charge in [-0.25, -0.2) is 0 Å². The Morgan fingerprint density at radius 1 is 1.32 bits per heavy atom. The van der Waals surface area contributed by atoms with Crippen molar-refractivity contribution in [1.82, 2.24) is 9.80 Å². The summed E-state index contributed by atoms with van der Waals surface area (Å²) in [5, 5.41) is 0. The average Bonchev–Trinajstić information content (AvgIpc) is 2.95.